The van der Waals surface area contributed by atoms with Crippen LogP contribution in [-0.2, 0) is 18.1 Å². The normalized spacial score (nSPS) is 19.7. The first-order valence-corrected chi connectivity index (χ1v) is 10.6. The van der Waals surface area contributed by atoms with Crippen molar-refractivity contribution < 1.29 is 31.9 Å². The summed E-state index contributed by atoms with van der Waals surface area (Å²) >= 11 is 0. The van der Waals surface area contributed by atoms with Crippen LogP contribution in [0.15, 0.2) is 35.3 Å². The minimum absolute atomic E-state index is 0.0125. The van der Waals surface area contributed by atoms with Crippen molar-refractivity contribution in [2.75, 3.05) is 13.1 Å². The summed E-state index contributed by atoms with van der Waals surface area (Å²) in [6.07, 6.45) is -1.42. The lowest BCUT2D eigenvalue weighted by Crippen LogP contribution is -2.37. The Labute approximate surface area is 185 Å². The van der Waals surface area contributed by atoms with Crippen molar-refractivity contribution in [1.29, 1.82) is 0 Å². The number of likely N-dealkylation sites (tertiary alicyclic amines) is 1. The molecule has 0 bridgehead atoms. The number of carbonyl (C=O) groups is 1. The van der Waals surface area contributed by atoms with Crippen LogP contribution in [-0.4, -0.2) is 44.7 Å². The van der Waals surface area contributed by atoms with Crippen molar-refractivity contribution in [3.05, 3.63) is 57.5 Å². The monoisotopic (exact) mass is 471 g/mol. The second-order valence-electron chi connectivity index (χ2n) is 8.79. The molecule has 178 valence electrons. The SMILES string of the molecule is O=C(c1nn(CC2(c3cccc(C(F)(F)F)c3)CCCC2)cc(O)c1=O)N1CCC(F)(F)C1. The number of alkyl halides is 5. The van der Waals surface area contributed by atoms with Crippen molar-refractivity contribution in [3.8, 4) is 5.75 Å². The number of rotatable bonds is 4. The van der Waals surface area contributed by atoms with Gasteiger partial charge in [-0.25, -0.2) is 8.78 Å². The molecule has 4 rings (SSSR count). The van der Waals surface area contributed by atoms with Crippen LogP contribution in [0.3, 0.4) is 0 Å². The summed E-state index contributed by atoms with van der Waals surface area (Å²) in [5.74, 6) is -4.86. The predicted molar refractivity (Wildman–Crippen MR) is 107 cm³/mol. The molecule has 1 aliphatic carbocycles. The average Bonchev–Trinajstić information content (AvgIpc) is 3.36. The zero-order chi connectivity index (χ0) is 24.0. The standard InChI is InChI=1S/C22H22F5N3O3/c23-21(24)8-9-29(13-21)19(33)17-18(32)16(31)11-30(28-17)12-20(6-1-2-7-20)14-4-3-5-15(10-14)22(25,26)27/h3-5,10-11,31H,1-2,6-9,12-13H2. The van der Waals surface area contributed by atoms with Crippen molar-refractivity contribution in [2.45, 2.75) is 56.2 Å². The molecule has 1 amide bonds. The molecule has 0 atom stereocenters. The molecule has 0 unspecified atom stereocenters. The molecular weight excluding hydrogens is 449 g/mol. The zero-order valence-electron chi connectivity index (χ0n) is 17.5. The number of hydrogen-bond acceptors (Lipinski definition) is 4. The number of carbonyl (C=O) groups excluding carboxylic acids is 1. The van der Waals surface area contributed by atoms with Gasteiger partial charge in [0.25, 0.3) is 17.3 Å². The van der Waals surface area contributed by atoms with E-state index in [-0.39, 0.29) is 13.1 Å². The lowest BCUT2D eigenvalue weighted by molar-refractivity contribution is -0.137. The van der Waals surface area contributed by atoms with Gasteiger partial charge in [-0.05, 0) is 24.5 Å². The summed E-state index contributed by atoms with van der Waals surface area (Å²) in [6, 6.07) is 5.00. The van der Waals surface area contributed by atoms with Gasteiger partial charge in [0.15, 0.2) is 11.4 Å². The number of amides is 1. The van der Waals surface area contributed by atoms with E-state index in [4.69, 9.17) is 0 Å². The maximum absolute atomic E-state index is 13.5. The first-order valence-electron chi connectivity index (χ1n) is 10.6. The van der Waals surface area contributed by atoms with E-state index in [1.165, 1.54) is 6.07 Å². The largest absolute Gasteiger partial charge is 0.503 e. The molecule has 0 radical (unpaired) electrons. The molecule has 2 aliphatic rings. The third-order valence-electron chi connectivity index (χ3n) is 6.43. The lowest BCUT2D eigenvalue weighted by Gasteiger charge is -2.31. The molecule has 0 spiro atoms. The molecule has 1 aromatic carbocycles. The van der Waals surface area contributed by atoms with E-state index in [0.717, 1.165) is 40.8 Å². The third kappa shape index (κ3) is 4.58. The molecule has 2 fully saturated rings. The van der Waals surface area contributed by atoms with Gasteiger partial charge < -0.3 is 10.0 Å². The van der Waals surface area contributed by atoms with E-state index in [9.17, 15) is 36.6 Å². The third-order valence-corrected chi connectivity index (χ3v) is 6.43. The molecule has 1 aromatic heterocycles. The molecule has 1 N–H and O–H groups in total. The minimum atomic E-state index is -4.51. The number of hydrogen-bond donors (Lipinski definition) is 1. The van der Waals surface area contributed by atoms with Crippen LogP contribution in [0, 0.1) is 0 Å². The molecule has 6 nitrogen and oxygen atoms in total. The fraction of sp³-hybridized carbons (Fsp3) is 0.500. The van der Waals surface area contributed by atoms with Crippen molar-refractivity contribution in [1.82, 2.24) is 14.7 Å². The highest BCUT2D eigenvalue weighted by atomic mass is 19.4. The van der Waals surface area contributed by atoms with E-state index in [1.54, 1.807) is 6.07 Å². The molecule has 2 heterocycles. The summed E-state index contributed by atoms with van der Waals surface area (Å²) in [6.45, 7) is -1.09. The number of aromatic hydroxyl groups is 1. The van der Waals surface area contributed by atoms with Gasteiger partial charge >= 0.3 is 6.18 Å². The predicted octanol–water partition coefficient (Wildman–Crippen LogP) is 3.96. The van der Waals surface area contributed by atoms with Gasteiger partial charge in [0, 0.05) is 18.4 Å². The van der Waals surface area contributed by atoms with Crippen LogP contribution in [0.4, 0.5) is 22.0 Å². The van der Waals surface area contributed by atoms with Gasteiger partial charge in [-0.3, -0.25) is 14.3 Å². The van der Waals surface area contributed by atoms with Crippen LogP contribution < -0.4 is 5.43 Å². The van der Waals surface area contributed by atoms with Gasteiger partial charge in [0.1, 0.15) is 0 Å². The van der Waals surface area contributed by atoms with Gasteiger partial charge in [-0.2, -0.15) is 18.3 Å². The Morgan fingerprint density at radius 3 is 2.45 bits per heavy atom. The Morgan fingerprint density at radius 1 is 1.15 bits per heavy atom. The number of halogens is 5. The van der Waals surface area contributed by atoms with E-state index >= 15 is 0 Å². The fourth-order valence-electron chi connectivity index (χ4n) is 4.73. The topological polar surface area (TPSA) is 75.4 Å². The molecule has 1 saturated carbocycles. The molecule has 2 aromatic rings. The highest BCUT2D eigenvalue weighted by Gasteiger charge is 2.42. The van der Waals surface area contributed by atoms with E-state index < -0.39 is 58.8 Å². The number of nitrogens with zero attached hydrogens (tertiary/aromatic N) is 3. The Hall–Kier alpha value is -2.98. The van der Waals surface area contributed by atoms with Gasteiger partial charge in [-0.15, -0.1) is 0 Å². The molecule has 33 heavy (non-hydrogen) atoms. The van der Waals surface area contributed by atoms with E-state index in [1.807, 2.05) is 0 Å². The van der Waals surface area contributed by atoms with Crippen LogP contribution in [0.1, 0.15) is 53.7 Å². The molecule has 1 aliphatic heterocycles. The summed E-state index contributed by atoms with van der Waals surface area (Å²) in [4.78, 5) is 25.8. The number of benzene rings is 1. The second kappa shape index (κ2) is 8.11. The van der Waals surface area contributed by atoms with Crippen molar-refractivity contribution >= 4 is 5.91 Å². The summed E-state index contributed by atoms with van der Waals surface area (Å²) < 4.78 is 68.0. The van der Waals surface area contributed by atoms with Gasteiger partial charge in [0.05, 0.1) is 24.8 Å². The van der Waals surface area contributed by atoms with Crippen molar-refractivity contribution in [3.63, 3.8) is 0 Å². The molecule has 11 heteroatoms. The maximum Gasteiger partial charge on any atom is 0.416 e. The quantitative estimate of drug-likeness (QED) is 0.685. The average molecular weight is 471 g/mol. The van der Waals surface area contributed by atoms with E-state index in [2.05, 4.69) is 5.10 Å². The first-order chi connectivity index (χ1) is 15.4. The van der Waals surface area contributed by atoms with Gasteiger partial charge in [0.2, 0.25) is 0 Å². The first kappa shape index (κ1) is 23.2. The summed E-state index contributed by atoms with van der Waals surface area (Å²) in [5, 5.41) is 14.1. The highest BCUT2D eigenvalue weighted by Crippen LogP contribution is 2.44. The van der Waals surface area contributed by atoms with Crippen LogP contribution in [0.25, 0.3) is 0 Å². The Kier molecular flexibility index (Phi) is 5.69. The number of aromatic nitrogens is 2. The highest BCUT2D eigenvalue weighted by molar-refractivity contribution is 5.92. The van der Waals surface area contributed by atoms with Crippen LogP contribution in [0.5, 0.6) is 5.75 Å². The molecular formula is C22H22F5N3O3. The fourth-order valence-corrected chi connectivity index (χ4v) is 4.73. The lowest BCUT2D eigenvalue weighted by atomic mass is 9.78. The minimum Gasteiger partial charge on any atom is -0.503 e. The Morgan fingerprint density at radius 2 is 1.85 bits per heavy atom. The molecule has 1 saturated heterocycles. The maximum atomic E-state index is 13.5. The van der Waals surface area contributed by atoms with E-state index in [0.29, 0.717) is 18.4 Å². The van der Waals surface area contributed by atoms with Crippen LogP contribution in [0.2, 0.25) is 0 Å². The van der Waals surface area contributed by atoms with Crippen LogP contribution >= 0.6 is 0 Å². The smallest absolute Gasteiger partial charge is 0.416 e. The second-order valence-corrected chi connectivity index (χ2v) is 8.79. The van der Waals surface area contributed by atoms with Gasteiger partial charge in [-0.1, -0.05) is 31.0 Å². The van der Waals surface area contributed by atoms with Crippen molar-refractivity contribution in [2.24, 2.45) is 0 Å². The summed E-state index contributed by atoms with van der Waals surface area (Å²) in [5.41, 5.74) is -2.86. The Bertz CT molecular complexity index is 1120. The summed E-state index contributed by atoms with van der Waals surface area (Å²) in [7, 11) is 0. The Balaban J connectivity index is 1.69. The zero-order valence-corrected chi connectivity index (χ0v) is 17.5.